The van der Waals surface area contributed by atoms with Crippen LogP contribution in [-0.4, -0.2) is 14.5 Å². The third-order valence-corrected chi connectivity index (χ3v) is 9.27. The van der Waals surface area contributed by atoms with Gasteiger partial charge >= 0.3 is 0 Å². The Balaban J connectivity index is 2.37. The maximum atomic E-state index is 6.61. The minimum Gasteiger partial charge on any atom is -0.118 e. The van der Waals surface area contributed by atoms with Gasteiger partial charge in [0, 0.05) is 9.65 Å². The van der Waals surface area contributed by atoms with Crippen LogP contribution < -0.4 is 0 Å². The molecule has 1 spiro atoms. The van der Waals surface area contributed by atoms with Crippen LogP contribution in [0, 0.1) is 10.8 Å². The van der Waals surface area contributed by atoms with Crippen molar-refractivity contribution in [3.63, 3.8) is 0 Å². The molecule has 2 fully saturated rings. The number of allylic oxidation sites excluding steroid dienone is 1. The fourth-order valence-corrected chi connectivity index (χ4v) is 5.42. The van der Waals surface area contributed by atoms with Gasteiger partial charge in [-0.15, -0.1) is 11.6 Å². The molecule has 0 N–H and O–H groups in total. The topological polar surface area (TPSA) is 0 Å². The molecule has 3 heteroatoms. The Bertz CT molecular complexity index is 362. The van der Waals surface area contributed by atoms with Crippen molar-refractivity contribution >= 4 is 43.5 Å². The van der Waals surface area contributed by atoms with Crippen LogP contribution in [0.5, 0.6) is 0 Å². The second-order valence-electron chi connectivity index (χ2n) is 6.86. The predicted octanol–water partition coefficient (Wildman–Crippen LogP) is 6.06. The second-order valence-corrected chi connectivity index (χ2v) is 9.94. The lowest BCUT2D eigenvalue weighted by molar-refractivity contribution is 0.0343. The Morgan fingerprint density at radius 3 is 2.33 bits per heavy atom. The predicted molar refractivity (Wildman–Crippen MR) is 88.1 cm³/mol. The van der Waals surface area contributed by atoms with E-state index in [-0.39, 0.29) is 15.7 Å². The Morgan fingerprint density at radius 1 is 1.17 bits per heavy atom. The van der Waals surface area contributed by atoms with Crippen LogP contribution in [0.3, 0.4) is 0 Å². The minimum atomic E-state index is -0.110. The van der Waals surface area contributed by atoms with Crippen molar-refractivity contribution in [2.45, 2.75) is 67.4 Å². The summed E-state index contributed by atoms with van der Waals surface area (Å²) in [6, 6.07) is 0. The smallest absolute Gasteiger partial charge is 0.0544 e. The van der Waals surface area contributed by atoms with Crippen molar-refractivity contribution < 1.29 is 0 Å². The normalized spacial score (nSPS) is 48.4. The lowest BCUT2D eigenvalue weighted by Crippen LogP contribution is -2.54. The first-order valence-corrected chi connectivity index (χ1v) is 9.00. The van der Waals surface area contributed by atoms with Crippen molar-refractivity contribution in [3.05, 3.63) is 12.2 Å². The monoisotopic (exact) mass is 396 g/mol. The van der Waals surface area contributed by atoms with Gasteiger partial charge in [0.2, 0.25) is 0 Å². The van der Waals surface area contributed by atoms with E-state index in [1.54, 1.807) is 0 Å². The van der Waals surface area contributed by atoms with Gasteiger partial charge in [-0.1, -0.05) is 57.9 Å². The first-order valence-electron chi connectivity index (χ1n) is 6.79. The van der Waals surface area contributed by atoms with Crippen molar-refractivity contribution in [3.8, 4) is 0 Å². The number of halogens is 3. The fourth-order valence-electron chi connectivity index (χ4n) is 3.80. The quantitative estimate of drug-likeness (QED) is 0.344. The number of rotatable bonds is 0. The Kier molecular flexibility index (Phi) is 4.08. The molecular weight excluding hydrogens is 375 g/mol. The van der Waals surface area contributed by atoms with Crippen LogP contribution in [0.15, 0.2) is 12.2 Å². The molecule has 2 unspecified atom stereocenters. The third kappa shape index (κ3) is 2.15. The van der Waals surface area contributed by atoms with Crippen molar-refractivity contribution in [1.82, 2.24) is 0 Å². The summed E-state index contributed by atoms with van der Waals surface area (Å²) in [6.45, 7) is 11.4. The highest BCUT2D eigenvalue weighted by molar-refractivity contribution is 9.09. The molecule has 0 saturated heterocycles. The summed E-state index contributed by atoms with van der Waals surface area (Å²) >= 11 is 14.4. The molecule has 4 atom stereocenters. The standard InChI is InChI=1S/C15H23Br2Cl/c1-10-5-6-11(16)13(2,3)15(10)8-7-14(4,18)12(17)9-15/h11-12H,1,5-9H2,2-4H3/t11-,12?,14?,15+/m1/s1. The van der Waals surface area contributed by atoms with Gasteiger partial charge in [0.1, 0.15) is 0 Å². The maximum Gasteiger partial charge on any atom is 0.0544 e. The molecule has 0 aliphatic heterocycles. The molecule has 0 aromatic heterocycles. The van der Waals surface area contributed by atoms with Crippen molar-refractivity contribution in [2.24, 2.45) is 10.8 Å². The maximum absolute atomic E-state index is 6.61. The molecule has 2 aliphatic carbocycles. The Hall–Kier alpha value is 0.990. The molecule has 2 saturated carbocycles. The zero-order chi connectivity index (χ0) is 13.8. The van der Waals surface area contributed by atoms with E-state index in [1.165, 1.54) is 18.4 Å². The van der Waals surface area contributed by atoms with Crippen LogP contribution in [-0.2, 0) is 0 Å². The highest BCUT2D eigenvalue weighted by Crippen LogP contribution is 2.64. The molecule has 0 amide bonds. The molecule has 2 aliphatic rings. The molecular formula is C15H23Br2Cl. The van der Waals surface area contributed by atoms with E-state index in [2.05, 4.69) is 59.2 Å². The third-order valence-electron chi connectivity index (χ3n) is 5.61. The van der Waals surface area contributed by atoms with Gasteiger partial charge in [0.05, 0.1) is 4.87 Å². The summed E-state index contributed by atoms with van der Waals surface area (Å²) in [5.74, 6) is 0. The molecule has 18 heavy (non-hydrogen) atoms. The van der Waals surface area contributed by atoms with Crippen LogP contribution in [0.4, 0.5) is 0 Å². The van der Waals surface area contributed by atoms with Gasteiger partial charge < -0.3 is 0 Å². The lowest BCUT2D eigenvalue weighted by Gasteiger charge is -2.59. The van der Waals surface area contributed by atoms with Crippen molar-refractivity contribution in [2.75, 3.05) is 0 Å². The zero-order valence-corrected chi connectivity index (χ0v) is 15.5. The van der Waals surface area contributed by atoms with Crippen LogP contribution in [0.2, 0.25) is 0 Å². The van der Waals surface area contributed by atoms with Gasteiger partial charge in [-0.2, -0.15) is 0 Å². The zero-order valence-electron chi connectivity index (χ0n) is 11.5. The Morgan fingerprint density at radius 2 is 1.78 bits per heavy atom. The molecule has 2 rings (SSSR count). The van der Waals surface area contributed by atoms with E-state index in [0.717, 1.165) is 19.3 Å². The second kappa shape index (κ2) is 4.77. The van der Waals surface area contributed by atoms with Gasteiger partial charge in [0.25, 0.3) is 0 Å². The van der Waals surface area contributed by atoms with Crippen LogP contribution in [0.25, 0.3) is 0 Å². The summed E-state index contributed by atoms with van der Waals surface area (Å²) < 4.78 is 0. The van der Waals surface area contributed by atoms with E-state index < -0.39 is 0 Å². The molecule has 104 valence electrons. The van der Waals surface area contributed by atoms with Gasteiger partial charge in [0.15, 0.2) is 0 Å². The summed E-state index contributed by atoms with van der Waals surface area (Å²) in [7, 11) is 0. The average Bonchev–Trinajstić information content (AvgIpc) is 2.27. The van der Waals surface area contributed by atoms with Crippen LogP contribution >= 0.6 is 43.5 Å². The molecule has 0 bridgehead atoms. The first kappa shape index (κ1) is 15.4. The summed E-state index contributed by atoms with van der Waals surface area (Å²) in [5, 5.41) is 0. The molecule has 0 aromatic rings. The number of hydrogen-bond acceptors (Lipinski definition) is 0. The summed E-state index contributed by atoms with van der Waals surface area (Å²) in [6.07, 6.45) is 5.70. The van der Waals surface area contributed by atoms with Crippen molar-refractivity contribution in [1.29, 1.82) is 0 Å². The lowest BCUT2D eigenvalue weighted by atomic mass is 9.50. The SMILES string of the molecule is C=C1CC[C@@H](Br)C(C)(C)[C@]12CCC(C)(Cl)C(Br)C2. The molecule has 0 radical (unpaired) electrons. The van der Waals surface area contributed by atoms with Gasteiger partial charge in [-0.25, -0.2) is 0 Å². The Labute approximate surface area is 133 Å². The number of alkyl halides is 3. The van der Waals surface area contributed by atoms with Crippen LogP contribution in [0.1, 0.15) is 52.9 Å². The fraction of sp³-hybridized carbons (Fsp3) is 0.867. The van der Waals surface area contributed by atoms with Gasteiger partial charge in [-0.3, -0.25) is 0 Å². The van der Waals surface area contributed by atoms with E-state index in [0.29, 0.717) is 9.65 Å². The van der Waals surface area contributed by atoms with E-state index in [9.17, 15) is 0 Å². The molecule has 0 aromatic carbocycles. The average molecular weight is 399 g/mol. The summed E-state index contributed by atoms with van der Waals surface area (Å²) in [4.78, 5) is 0.838. The number of hydrogen-bond donors (Lipinski definition) is 0. The molecule has 0 nitrogen and oxygen atoms in total. The highest BCUT2D eigenvalue weighted by atomic mass is 79.9. The van der Waals surface area contributed by atoms with E-state index >= 15 is 0 Å². The van der Waals surface area contributed by atoms with E-state index in [1.807, 2.05) is 0 Å². The molecule has 0 heterocycles. The summed E-state index contributed by atoms with van der Waals surface area (Å²) in [5.41, 5.74) is 1.93. The van der Waals surface area contributed by atoms with Gasteiger partial charge in [-0.05, 0) is 49.9 Å². The van der Waals surface area contributed by atoms with E-state index in [4.69, 9.17) is 11.6 Å². The minimum absolute atomic E-state index is 0.110. The first-order chi connectivity index (χ1) is 8.13. The largest absolute Gasteiger partial charge is 0.118 e. The highest BCUT2D eigenvalue weighted by Gasteiger charge is 2.57.